The van der Waals surface area contributed by atoms with Crippen molar-refractivity contribution in [1.82, 2.24) is 0 Å². The first-order valence-corrected chi connectivity index (χ1v) is 6.22. The number of fused-ring (bicyclic) bond motifs is 2. The van der Waals surface area contributed by atoms with Gasteiger partial charge < -0.3 is 9.52 Å². The van der Waals surface area contributed by atoms with Gasteiger partial charge in [-0.25, -0.2) is 0 Å². The summed E-state index contributed by atoms with van der Waals surface area (Å²) in [5, 5.41) is 9.41. The zero-order valence-electron chi connectivity index (χ0n) is 10.6. The number of benzene rings is 2. The van der Waals surface area contributed by atoms with Gasteiger partial charge in [0, 0.05) is 0 Å². The predicted octanol–water partition coefficient (Wildman–Crippen LogP) is 3.67. The van der Waals surface area contributed by atoms with Crippen LogP contribution in [0.25, 0.3) is 23.1 Å². The molecular formula is C17H12O3. The van der Waals surface area contributed by atoms with Crippen molar-refractivity contribution >= 4 is 23.1 Å². The van der Waals surface area contributed by atoms with Crippen LogP contribution in [-0.2, 0) is 0 Å². The minimum atomic E-state index is -0.392. The Morgan fingerprint density at radius 1 is 0.850 bits per heavy atom. The SMILES string of the molecule is C1=Cc2ccccc21.O=c1c(O)coc2ccccc12. The fourth-order valence-corrected chi connectivity index (χ4v) is 1.97. The summed E-state index contributed by atoms with van der Waals surface area (Å²) in [4.78, 5) is 11.2. The molecule has 1 N–H and O–H groups in total. The molecule has 0 amide bonds. The van der Waals surface area contributed by atoms with Crippen molar-refractivity contribution < 1.29 is 9.52 Å². The van der Waals surface area contributed by atoms with Gasteiger partial charge in [-0.3, -0.25) is 4.79 Å². The second-order valence-corrected chi connectivity index (χ2v) is 4.41. The van der Waals surface area contributed by atoms with Crippen molar-refractivity contribution in [3.05, 3.63) is 76.1 Å². The zero-order chi connectivity index (χ0) is 13.9. The molecule has 0 saturated heterocycles. The van der Waals surface area contributed by atoms with Crippen molar-refractivity contribution in [2.45, 2.75) is 0 Å². The molecule has 20 heavy (non-hydrogen) atoms. The van der Waals surface area contributed by atoms with E-state index in [0.29, 0.717) is 11.0 Å². The summed E-state index contributed by atoms with van der Waals surface area (Å²) < 4.78 is 4.97. The average Bonchev–Trinajstić information content (AvgIpc) is 2.46. The first-order valence-electron chi connectivity index (χ1n) is 6.22. The van der Waals surface area contributed by atoms with Gasteiger partial charge in [-0.05, 0) is 23.3 Å². The quantitative estimate of drug-likeness (QED) is 0.527. The lowest BCUT2D eigenvalue weighted by molar-refractivity contribution is 0.442. The van der Waals surface area contributed by atoms with Gasteiger partial charge in [-0.15, -0.1) is 0 Å². The van der Waals surface area contributed by atoms with Crippen molar-refractivity contribution in [2.75, 3.05) is 0 Å². The maximum Gasteiger partial charge on any atom is 0.234 e. The Hall–Kier alpha value is -2.81. The van der Waals surface area contributed by atoms with Crippen LogP contribution < -0.4 is 5.43 Å². The summed E-state index contributed by atoms with van der Waals surface area (Å²) in [7, 11) is 0. The highest BCUT2D eigenvalue weighted by molar-refractivity contribution is 5.85. The summed E-state index contributed by atoms with van der Waals surface area (Å²) in [6.45, 7) is 0. The zero-order valence-corrected chi connectivity index (χ0v) is 10.6. The molecule has 1 heterocycles. The highest BCUT2D eigenvalue weighted by Gasteiger charge is 2.02. The van der Waals surface area contributed by atoms with Crippen molar-refractivity contribution in [2.24, 2.45) is 0 Å². The molecular weight excluding hydrogens is 252 g/mol. The largest absolute Gasteiger partial charge is 0.502 e. The second kappa shape index (κ2) is 5.05. The molecule has 0 bridgehead atoms. The van der Waals surface area contributed by atoms with E-state index in [1.807, 2.05) is 0 Å². The van der Waals surface area contributed by atoms with Crippen LogP contribution in [-0.4, -0.2) is 5.11 Å². The Balaban J connectivity index is 0.000000131. The third-order valence-corrected chi connectivity index (χ3v) is 3.10. The summed E-state index contributed by atoms with van der Waals surface area (Å²) in [6.07, 6.45) is 5.29. The Labute approximate surface area is 115 Å². The van der Waals surface area contributed by atoms with Crippen LogP contribution in [0.1, 0.15) is 11.1 Å². The summed E-state index contributed by atoms with van der Waals surface area (Å²) in [6, 6.07) is 15.1. The second-order valence-electron chi connectivity index (χ2n) is 4.41. The van der Waals surface area contributed by atoms with Crippen LogP contribution in [0, 0.1) is 0 Å². The third-order valence-electron chi connectivity index (χ3n) is 3.10. The molecule has 3 nitrogen and oxygen atoms in total. The van der Waals surface area contributed by atoms with E-state index < -0.39 is 5.43 Å². The lowest BCUT2D eigenvalue weighted by Gasteiger charge is -2.06. The Morgan fingerprint density at radius 3 is 2.05 bits per heavy atom. The number of aromatic hydroxyl groups is 1. The molecule has 2 aromatic carbocycles. The number of para-hydroxylation sites is 1. The van der Waals surface area contributed by atoms with Crippen LogP contribution in [0.2, 0.25) is 0 Å². The molecule has 98 valence electrons. The molecule has 0 unspecified atom stereocenters. The van der Waals surface area contributed by atoms with Gasteiger partial charge >= 0.3 is 0 Å². The predicted molar refractivity (Wildman–Crippen MR) is 79.5 cm³/mol. The van der Waals surface area contributed by atoms with Crippen LogP contribution >= 0.6 is 0 Å². The maximum atomic E-state index is 11.2. The van der Waals surface area contributed by atoms with E-state index in [2.05, 4.69) is 36.4 Å². The molecule has 0 radical (unpaired) electrons. The van der Waals surface area contributed by atoms with Crippen molar-refractivity contribution in [3.63, 3.8) is 0 Å². The fraction of sp³-hybridized carbons (Fsp3) is 0. The Bertz CT molecular complexity index is 819. The van der Waals surface area contributed by atoms with E-state index in [9.17, 15) is 4.79 Å². The fourth-order valence-electron chi connectivity index (χ4n) is 1.97. The topological polar surface area (TPSA) is 50.4 Å². The maximum absolute atomic E-state index is 11.2. The first kappa shape index (κ1) is 12.2. The monoisotopic (exact) mass is 264 g/mol. The van der Waals surface area contributed by atoms with E-state index in [-0.39, 0.29) is 5.75 Å². The lowest BCUT2D eigenvalue weighted by atomic mass is 9.99. The Morgan fingerprint density at radius 2 is 1.45 bits per heavy atom. The van der Waals surface area contributed by atoms with Gasteiger partial charge in [-0.2, -0.15) is 0 Å². The van der Waals surface area contributed by atoms with Crippen molar-refractivity contribution in [1.29, 1.82) is 0 Å². The summed E-state index contributed by atoms with van der Waals surface area (Å²) in [5.41, 5.74) is 2.83. The highest BCUT2D eigenvalue weighted by Crippen LogP contribution is 2.21. The summed E-state index contributed by atoms with van der Waals surface area (Å²) in [5.74, 6) is -0.353. The molecule has 0 spiro atoms. The first-order chi connectivity index (χ1) is 9.75. The molecule has 0 fully saturated rings. The Kier molecular flexibility index (Phi) is 3.09. The standard InChI is InChI=1S/C9H6O3.C8H6/c10-7-5-12-8-4-2-1-3-6(8)9(7)11;1-2-4-8-6-5-7(8)3-1/h1-5,10H;1-6H. The molecule has 1 aromatic heterocycles. The van der Waals surface area contributed by atoms with Gasteiger partial charge in [0.15, 0.2) is 5.75 Å². The molecule has 0 saturated carbocycles. The van der Waals surface area contributed by atoms with E-state index in [4.69, 9.17) is 9.52 Å². The van der Waals surface area contributed by atoms with Gasteiger partial charge in [0.1, 0.15) is 11.8 Å². The highest BCUT2D eigenvalue weighted by atomic mass is 16.3. The molecule has 1 aliphatic carbocycles. The van der Waals surface area contributed by atoms with Gasteiger partial charge in [0.05, 0.1) is 5.39 Å². The molecule has 3 heteroatoms. The van der Waals surface area contributed by atoms with Crippen LogP contribution in [0.3, 0.4) is 0 Å². The summed E-state index contributed by atoms with van der Waals surface area (Å²) >= 11 is 0. The number of rotatable bonds is 0. The van der Waals surface area contributed by atoms with Gasteiger partial charge in [0.25, 0.3) is 0 Å². The van der Waals surface area contributed by atoms with Crippen molar-refractivity contribution in [3.8, 4) is 5.75 Å². The lowest BCUT2D eigenvalue weighted by Crippen LogP contribution is -1.98. The number of hydrogen-bond donors (Lipinski definition) is 1. The van der Waals surface area contributed by atoms with Gasteiger partial charge in [-0.1, -0.05) is 48.6 Å². The molecule has 4 rings (SSSR count). The van der Waals surface area contributed by atoms with E-state index in [1.165, 1.54) is 11.1 Å². The smallest absolute Gasteiger partial charge is 0.234 e. The third kappa shape index (κ3) is 2.21. The van der Waals surface area contributed by atoms with E-state index >= 15 is 0 Å². The molecule has 0 atom stereocenters. The van der Waals surface area contributed by atoms with Crippen LogP contribution in [0.5, 0.6) is 5.75 Å². The molecule has 0 aliphatic heterocycles. The van der Waals surface area contributed by atoms with E-state index in [1.54, 1.807) is 24.3 Å². The minimum absolute atomic E-state index is 0.353. The van der Waals surface area contributed by atoms with Gasteiger partial charge in [0.2, 0.25) is 5.43 Å². The minimum Gasteiger partial charge on any atom is -0.502 e. The van der Waals surface area contributed by atoms with Crippen LogP contribution in [0.15, 0.2) is 64.0 Å². The molecule has 3 aromatic rings. The number of hydrogen-bond acceptors (Lipinski definition) is 3. The average molecular weight is 264 g/mol. The van der Waals surface area contributed by atoms with E-state index in [0.717, 1.165) is 6.26 Å². The molecule has 1 aliphatic rings. The normalized spacial score (nSPS) is 11.2. The van der Waals surface area contributed by atoms with Crippen LogP contribution in [0.4, 0.5) is 0 Å².